The molecular formula is C25H26N4O2S. The zero-order valence-corrected chi connectivity index (χ0v) is 19.3. The van der Waals surface area contributed by atoms with Gasteiger partial charge in [-0.05, 0) is 73.9 Å². The number of hydrogen-bond donors (Lipinski definition) is 1. The lowest BCUT2D eigenvalue weighted by Gasteiger charge is -2.40. The number of benzene rings is 2. The molecule has 0 saturated carbocycles. The van der Waals surface area contributed by atoms with Crippen LogP contribution in [0.1, 0.15) is 35.2 Å². The van der Waals surface area contributed by atoms with Gasteiger partial charge in [-0.15, -0.1) is 0 Å². The number of carbonyl (C=O) groups is 1. The van der Waals surface area contributed by atoms with Crippen LogP contribution in [0.3, 0.4) is 0 Å². The summed E-state index contributed by atoms with van der Waals surface area (Å²) in [5, 5.41) is 13.3. The number of carbonyl (C=O) groups excluding carboxylic acids is 1. The Kier molecular flexibility index (Phi) is 6.26. The van der Waals surface area contributed by atoms with Crippen LogP contribution >= 0.6 is 12.2 Å². The number of aryl methyl sites for hydroxylation is 2. The zero-order valence-electron chi connectivity index (χ0n) is 18.5. The molecule has 2 aliphatic heterocycles. The Labute approximate surface area is 194 Å². The maximum atomic E-state index is 13.7. The van der Waals surface area contributed by atoms with E-state index in [1.165, 1.54) is 5.56 Å². The smallest absolute Gasteiger partial charge is 0.254 e. The van der Waals surface area contributed by atoms with Gasteiger partial charge in [0.05, 0.1) is 36.5 Å². The van der Waals surface area contributed by atoms with E-state index in [0.717, 1.165) is 22.5 Å². The first kappa shape index (κ1) is 22.0. The summed E-state index contributed by atoms with van der Waals surface area (Å²) in [5.74, 6) is -0.0398. The Balaban J connectivity index is 1.84. The van der Waals surface area contributed by atoms with Gasteiger partial charge in [0.15, 0.2) is 5.11 Å². The Morgan fingerprint density at radius 3 is 2.56 bits per heavy atom. The second-order valence-electron chi connectivity index (χ2n) is 8.13. The van der Waals surface area contributed by atoms with E-state index in [0.29, 0.717) is 42.6 Å². The fourth-order valence-corrected chi connectivity index (χ4v) is 4.53. The van der Waals surface area contributed by atoms with E-state index in [9.17, 15) is 10.1 Å². The Bertz CT molecular complexity index is 1140. The summed E-state index contributed by atoms with van der Waals surface area (Å²) in [5.41, 5.74) is 6.07. The molecule has 7 heteroatoms. The largest absolute Gasteiger partial charge is 0.378 e. The molecule has 1 fully saturated rings. The molecule has 0 spiro atoms. The topological polar surface area (TPSA) is 68.6 Å². The SMILES string of the molecule is CC1=C(C(=O)N2CCOCC2)[C@H](c2cccc(C#N)c2)NC(=S)N1c1ccc(C)c(C)c1. The number of nitrogens with zero attached hydrogens (tertiary/aromatic N) is 3. The van der Waals surface area contributed by atoms with Crippen molar-refractivity contribution in [2.24, 2.45) is 0 Å². The lowest BCUT2D eigenvalue weighted by Crippen LogP contribution is -2.51. The highest BCUT2D eigenvalue weighted by molar-refractivity contribution is 7.80. The van der Waals surface area contributed by atoms with Crippen LogP contribution in [0.25, 0.3) is 0 Å². The van der Waals surface area contributed by atoms with Gasteiger partial charge in [0.1, 0.15) is 0 Å². The predicted octanol–water partition coefficient (Wildman–Crippen LogP) is 3.74. The quantitative estimate of drug-likeness (QED) is 0.725. The molecule has 32 heavy (non-hydrogen) atoms. The van der Waals surface area contributed by atoms with Gasteiger partial charge in [-0.2, -0.15) is 5.26 Å². The molecule has 0 radical (unpaired) electrons. The van der Waals surface area contributed by atoms with Crippen LogP contribution < -0.4 is 10.2 Å². The third kappa shape index (κ3) is 4.12. The number of morpholine rings is 1. The van der Waals surface area contributed by atoms with Gasteiger partial charge in [-0.3, -0.25) is 9.69 Å². The van der Waals surface area contributed by atoms with Crippen LogP contribution in [0.5, 0.6) is 0 Å². The minimum Gasteiger partial charge on any atom is -0.378 e. The van der Waals surface area contributed by atoms with Crippen molar-refractivity contribution in [1.29, 1.82) is 5.26 Å². The average molecular weight is 447 g/mol. The molecule has 2 aromatic carbocycles. The van der Waals surface area contributed by atoms with Gasteiger partial charge in [0.25, 0.3) is 5.91 Å². The predicted molar refractivity (Wildman–Crippen MR) is 128 cm³/mol. The van der Waals surface area contributed by atoms with E-state index in [-0.39, 0.29) is 5.91 Å². The third-order valence-corrected chi connectivity index (χ3v) is 6.41. The molecular weight excluding hydrogens is 420 g/mol. The van der Waals surface area contributed by atoms with Gasteiger partial charge in [0.2, 0.25) is 0 Å². The monoisotopic (exact) mass is 446 g/mol. The van der Waals surface area contributed by atoms with Crippen molar-refractivity contribution >= 4 is 28.9 Å². The molecule has 164 valence electrons. The molecule has 6 nitrogen and oxygen atoms in total. The summed E-state index contributed by atoms with van der Waals surface area (Å²) in [4.78, 5) is 17.5. The number of thiocarbonyl (C=S) groups is 1. The van der Waals surface area contributed by atoms with Crippen LogP contribution in [-0.2, 0) is 9.53 Å². The summed E-state index contributed by atoms with van der Waals surface area (Å²) in [7, 11) is 0. The van der Waals surface area contributed by atoms with Crippen molar-refractivity contribution in [2.75, 3.05) is 31.2 Å². The minimum atomic E-state index is -0.436. The standard InChI is InChI=1S/C25H26N4O2S/c1-16-7-8-21(13-17(16)2)29-18(3)22(24(30)28-9-11-31-12-10-28)23(27-25(29)32)20-6-4-5-19(14-20)15-26/h4-8,13-14,23H,9-12H2,1-3H3,(H,27,32)/t23-/m0/s1. The highest BCUT2D eigenvalue weighted by Crippen LogP contribution is 2.35. The third-order valence-electron chi connectivity index (χ3n) is 6.11. The van der Waals surface area contributed by atoms with Gasteiger partial charge >= 0.3 is 0 Å². The molecule has 1 N–H and O–H groups in total. The zero-order chi connectivity index (χ0) is 22.8. The Morgan fingerprint density at radius 2 is 1.88 bits per heavy atom. The second-order valence-corrected chi connectivity index (χ2v) is 8.51. The second kappa shape index (κ2) is 9.11. The van der Waals surface area contributed by atoms with Gasteiger partial charge in [-0.1, -0.05) is 18.2 Å². The van der Waals surface area contributed by atoms with Gasteiger partial charge in [0, 0.05) is 24.5 Å². The van der Waals surface area contributed by atoms with E-state index in [4.69, 9.17) is 17.0 Å². The van der Waals surface area contributed by atoms with Crippen molar-refractivity contribution < 1.29 is 9.53 Å². The first-order valence-electron chi connectivity index (χ1n) is 10.7. The van der Waals surface area contributed by atoms with Gasteiger partial charge < -0.3 is 15.0 Å². The van der Waals surface area contributed by atoms with Crippen molar-refractivity contribution in [3.63, 3.8) is 0 Å². The molecule has 4 rings (SSSR count). The molecule has 0 aromatic heterocycles. The molecule has 2 aromatic rings. The number of nitriles is 1. The molecule has 0 bridgehead atoms. The molecule has 0 unspecified atom stereocenters. The fraction of sp³-hybridized carbons (Fsp3) is 0.320. The molecule has 2 heterocycles. The van der Waals surface area contributed by atoms with E-state index < -0.39 is 6.04 Å². The first-order valence-corrected chi connectivity index (χ1v) is 11.1. The Hall–Kier alpha value is -3.21. The number of nitrogens with one attached hydrogen (secondary N) is 1. The summed E-state index contributed by atoms with van der Waals surface area (Å²) >= 11 is 5.77. The highest BCUT2D eigenvalue weighted by atomic mass is 32.1. The van der Waals surface area contributed by atoms with Crippen molar-refractivity contribution in [2.45, 2.75) is 26.8 Å². The normalized spacial score (nSPS) is 18.9. The fourth-order valence-electron chi connectivity index (χ4n) is 4.17. The number of rotatable bonds is 3. The van der Waals surface area contributed by atoms with Crippen LogP contribution in [0.15, 0.2) is 53.7 Å². The van der Waals surface area contributed by atoms with Gasteiger partial charge in [-0.25, -0.2) is 0 Å². The van der Waals surface area contributed by atoms with Crippen LogP contribution in [0.2, 0.25) is 0 Å². The number of ether oxygens (including phenoxy) is 1. The maximum Gasteiger partial charge on any atom is 0.254 e. The van der Waals surface area contributed by atoms with E-state index in [1.54, 1.807) is 6.07 Å². The molecule has 1 saturated heterocycles. The molecule has 1 atom stereocenters. The summed E-state index contributed by atoms with van der Waals surface area (Å²) in [6.07, 6.45) is 0. The van der Waals surface area contributed by atoms with Crippen molar-refractivity contribution in [1.82, 2.24) is 10.2 Å². The maximum absolute atomic E-state index is 13.7. The van der Waals surface area contributed by atoms with E-state index >= 15 is 0 Å². The number of amides is 1. The summed E-state index contributed by atoms with van der Waals surface area (Å²) < 4.78 is 5.44. The lowest BCUT2D eigenvalue weighted by atomic mass is 9.92. The van der Waals surface area contributed by atoms with Crippen LogP contribution in [0.4, 0.5) is 5.69 Å². The Morgan fingerprint density at radius 1 is 1.12 bits per heavy atom. The van der Waals surface area contributed by atoms with Crippen LogP contribution in [-0.4, -0.2) is 42.2 Å². The summed E-state index contributed by atoms with van der Waals surface area (Å²) in [6, 6.07) is 15.2. The van der Waals surface area contributed by atoms with Crippen LogP contribution in [0, 0.1) is 25.2 Å². The van der Waals surface area contributed by atoms with Crippen molar-refractivity contribution in [3.05, 3.63) is 76.0 Å². The minimum absolute atomic E-state index is 0.0398. The highest BCUT2D eigenvalue weighted by Gasteiger charge is 2.37. The first-order chi connectivity index (χ1) is 15.4. The lowest BCUT2D eigenvalue weighted by molar-refractivity contribution is -0.131. The van der Waals surface area contributed by atoms with Crippen molar-refractivity contribution in [3.8, 4) is 6.07 Å². The number of allylic oxidation sites excluding steroid dienone is 1. The van der Waals surface area contributed by atoms with E-state index in [2.05, 4.69) is 37.4 Å². The van der Waals surface area contributed by atoms with E-state index in [1.807, 2.05) is 41.0 Å². The molecule has 1 amide bonds. The summed E-state index contributed by atoms with van der Waals surface area (Å²) in [6.45, 7) is 8.23. The number of hydrogen-bond acceptors (Lipinski definition) is 4. The molecule has 0 aliphatic carbocycles. The number of anilines is 1. The average Bonchev–Trinajstić information content (AvgIpc) is 2.81. The molecule has 2 aliphatic rings.